The van der Waals surface area contributed by atoms with Crippen molar-refractivity contribution in [3.05, 3.63) is 41.1 Å². The summed E-state index contributed by atoms with van der Waals surface area (Å²) in [6.07, 6.45) is -4.63. The summed E-state index contributed by atoms with van der Waals surface area (Å²) < 4.78 is 41.2. The van der Waals surface area contributed by atoms with Crippen molar-refractivity contribution >= 4 is 17.7 Å². The number of rotatable bonds is 4. The molecule has 2 amide bonds. The summed E-state index contributed by atoms with van der Waals surface area (Å²) in [4.78, 5) is 25.7. The highest BCUT2D eigenvalue weighted by atomic mass is 19.4. The van der Waals surface area contributed by atoms with Gasteiger partial charge in [-0.15, -0.1) is 0 Å². The van der Waals surface area contributed by atoms with E-state index in [1.807, 2.05) is 19.0 Å². The van der Waals surface area contributed by atoms with Crippen LogP contribution in [0.2, 0.25) is 0 Å². The Morgan fingerprint density at radius 2 is 1.84 bits per heavy atom. The third-order valence-electron chi connectivity index (χ3n) is 3.60. The summed E-state index contributed by atoms with van der Waals surface area (Å²) in [5, 5.41) is 4.91. The topological polar surface area (TPSA) is 70.7 Å². The van der Waals surface area contributed by atoms with Crippen LogP contribution in [0.5, 0.6) is 0 Å². The number of anilines is 1. The molecule has 0 spiro atoms. The Hall–Kier alpha value is -2.71. The summed E-state index contributed by atoms with van der Waals surface area (Å²) in [6.45, 7) is -0.257. The Bertz CT molecular complexity index is 697. The normalized spacial score (nSPS) is 17.7. The van der Waals surface area contributed by atoms with Crippen molar-refractivity contribution in [1.82, 2.24) is 10.6 Å². The molecule has 0 saturated carbocycles. The molecule has 1 atom stereocenters. The number of ether oxygens (including phenoxy) is 1. The fraction of sp³-hybridized carbons (Fsp3) is 0.375. The van der Waals surface area contributed by atoms with Crippen LogP contribution in [0.1, 0.15) is 18.5 Å². The van der Waals surface area contributed by atoms with E-state index in [4.69, 9.17) is 0 Å². The van der Waals surface area contributed by atoms with Gasteiger partial charge in [-0.05, 0) is 24.6 Å². The zero-order valence-electron chi connectivity index (χ0n) is 13.9. The summed E-state index contributed by atoms with van der Waals surface area (Å²) in [6, 6.07) is 5.48. The molecule has 0 unspecified atom stereocenters. The number of carbonyl (C=O) groups excluding carboxylic acids is 2. The molecule has 2 rings (SSSR count). The van der Waals surface area contributed by atoms with Gasteiger partial charge in [0.15, 0.2) is 6.61 Å². The van der Waals surface area contributed by atoms with Gasteiger partial charge in [-0.3, -0.25) is 0 Å². The van der Waals surface area contributed by atoms with E-state index in [0.29, 0.717) is 5.56 Å². The minimum atomic E-state index is -4.63. The first-order chi connectivity index (χ1) is 11.6. The molecule has 25 heavy (non-hydrogen) atoms. The molecule has 0 aromatic heterocycles. The highest BCUT2D eigenvalue weighted by molar-refractivity contribution is 5.95. The molecule has 9 heteroatoms. The van der Waals surface area contributed by atoms with Crippen molar-refractivity contribution in [2.45, 2.75) is 19.1 Å². The van der Waals surface area contributed by atoms with Gasteiger partial charge in [0.05, 0.1) is 11.6 Å². The van der Waals surface area contributed by atoms with Crippen LogP contribution in [0, 0.1) is 0 Å². The number of nitrogens with zero attached hydrogens (tertiary/aromatic N) is 1. The molecule has 2 N–H and O–H groups in total. The average Bonchev–Trinajstić information content (AvgIpc) is 2.51. The van der Waals surface area contributed by atoms with Crippen LogP contribution in [0.25, 0.3) is 0 Å². The first-order valence-corrected chi connectivity index (χ1v) is 7.38. The third-order valence-corrected chi connectivity index (χ3v) is 3.60. The average molecular weight is 357 g/mol. The number of benzene rings is 1. The van der Waals surface area contributed by atoms with Crippen molar-refractivity contribution < 1.29 is 27.5 Å². The maximum absolute atomic E-state index is 12.3. The second kappa shape index (κ2) is 7.04. The van der Waals surface area contributed by atoms with Crippen LogP contribution in [-0.4, -0.2) is 38.9 Å². The third kappa shape index (κ3) is 4.65. The lowest BCUT2D eigenvalue weighted by atomic mass is 9.95. The lowest BCUT2D eigenvalue weighted by molar-refractivity contribution is -0.183. The molecule has 1 aliphatic heterocycles. The molecular formula is C16H18F3N3O3. The van der Waals surface area contributed by atoms with E-state index in [-0.39, 0.29) is 11.3 Å². The Kier molecular flexibility index (Phi) is 5.24. The van der Waals surface area contributed by atoms with Crippen LogP contribution >= 0.6 is 0 Å². The Labute approximate surface area is 142 Å². The van der Waals surface area contributed by atoms with E-state index in [2.05, 4.69) is 15.4 Å². The molecule has 0 saturated heterocycles. The van der Waals surface area contributed by atoms with Crippen molar-refractivity contribution in [2.24, 2.45) is 0 Å². The first kappa shape index (κ1) is 18.6. The largest absolute Gasteiger partial charge is 0.453 e. The number of hydrogen-bond acceptors (Lipinski definition) is 4. The Balaban J connectivity index is 2.31. The van der Waals surface area contributed by atoms with E-state index in [1.165, 1.54) is 6.92 Å². The Morgan fingerprint density at radius 1 is 1.24 bits per heavy atom. The van der Waals surface area contributed by atoms with E-state index >= 15 is 0 Å². The second-order valence-electron chi connectivity index (χ2n) is 5.75. The van der Waals surface area contributed by atoms with Crippen molar-refractivity contribution in [1.29, 1.82) is 0 Å². The number of nitrogens with one attached hydrogen (secondary N) is 2. The predicted molar refractivity (Wildman–Crippen MR) is 84.9 cm³/mol. The quantitative estimate of drug-likeness (QED) is 0.813. The second-order valence-corrected chi connectivity index (χ2v) is 5.75. The first-order valence-electron chi connectivity index (χ1n) is 7.38. The van der Waals surface area contributed by atoms with E-state index in [9.17, 15) is 22.8 Å². The van der Waals surface area contributed by atoms with Crippen molar-refractivity contribution in [3.63, 3.8) is 0 Å². The minimum absolute atomic E-state index is 0.0681. The number of carbonyl (C=O) groups is 2. The number of halogens is 3. The number of alkyl halides is 3. The number of allylic oxidation sites excluding steroid dienone is 1. The number of amides is 2. The van der Waals surface area contributed by atoms with E-state index in [1.54, 1.807) is 24.3 Å². The van der Waals surface area contributed by atoms with E-state index in [0.717, 1.165) is 5.69 Å². The smallest absolute Gasteiger partial charge is 0.422 e. The lowest BCUT2D eigenvalue weighted by Crippen LogP contribution is -2.45. The van der Waals surface area contributed by atoms with Crippen LogP contribution < -0.4 is 15.5 Å². The van der Waals surface area contributed by atoms with Crippen molar-refractivity contribution in [3.8, 4) is 0 Å². The molecule has 1 heterocycles. The van der Waals surface area contributed by atoms with Gasteiger partial charge in [0.25, 0.3) is 0 Å². The fourth-order valence-electron chi connectivity index (χ4n) is 2.40. The SMILES string of the molecule is CC1=C(C(=O)OCC(F)(F)F)[C@@H](c2ccc(N(C)C)cc2)NC(=O)N1. The van der Waals surface area contributed by atoms with Gasteiger partial charge in [-0.1, -0.05) is 12.1 Å². The van der Waals surface area contributed by atoms with Crippen molar-refractivity contribution in [2.75, 3.05) is 25.6 Å². The minimum Gasteiger partial charge on any atom is -0.453 e. The van der Waals surface area contributed by atoms with E-state index < -0.39 is 30.8 Å². The molecule has 0 radical (unpaired) electrons. The molecule has 1 aliphatic rings. The number of esters is 1. The zero-order chi connectivity index (χ0) is 18.8. The molecule has 136 valence electrons. The summed E-state index contributed by atoms with van der Waals surface area (Å²) >= 11 is 0. The molecule has 1 aromatic rings. The fourth-order valence-corrected chi connectivity index (χ4v) is 2.40. The van der Waals surface area contributed by atoms with Crippen LogP contribution in [-0.2, 0) is 9.53 Å². The van der Waals surface area contributed by atoms with Gasteiger partial charge in [0.1, 0.15) is 0 Å². The highest BCUT2D eigenvalue weighted by Crippen LogP contribution is 2.29. The zero-order valence-corrected chi connectivity index (χ0v) is 13.9. The number of urea groups is 1. The molecule has 0 aliphatic carbocycles. The molecule has 0 fully saturated rings. The molecule has 6 nitrogen and oxygen atoms in total. The Morgan fingerprint density at radius 3 is 2.36 bits per heavy atom. The maximum atomic E-state index is 12.3. The molecule has 0 bridgehead atoms. The van der Waals surface area contributed by atoms with Crippen LogP contribution in [0.3, 0.4) is 0 Å². The van der Waals surface area contributed by atoms with Crippen LogP contribution in [0.4, 0.5) is 23.7 Å². The van der Waals surface area contributed by atoms with Gasteiger partial charge in [-0.25, -0.2) is 9.59 Å². The van der Waals surface area contributed by atoms with Gasteiger partial charge in [-0.2, -0.15) is 13.2 Å². The molecule has 1 aromatic carbocycles. The van der Waals surface area contributed by atoms with Gasteiger partial charge < -0.3 is 20.3 Å². The predicted octanol–water partition coefficient (Wildman–Crippen LogP) is 2.49. The summed E-state index contributed by atoms with van der Waals surface area (Å²) in [5.74, 6) is -1.14. The number of hydrogen-bond donors (Lipinski definition) is 2. The summed E-state index contributed by atoms with van der Waals surface area (Å²) in [7, 11) is 3.70. The maximum Gasteiger partial charge on any atom is 0.422 e. The molecular weight excluding hydrogens is 339 g/mol. The standard InChI is InChI=1S/C16H18F3N3O3/c1-9-12(14(23)25-8-16(17,18)19)13(21-15(24)20-9)10-4-6-11(7-5-10)22(2)3/h4-7,13H,8H2,1-3H3,(H2,20,21,24)/t13-/m1/s1. The van der Waals surface area contributed by atoms with Gasteiger partial charge >= 0.3 is 18.2 Å². The highest BCUT2D eigenvalue weighted by Gasteiger charge is 2.35. The van der Waals surface area contributed by atoms with Gasteiger partial charge in [0.2, 0.25) is 0 Å². The summed E-state index contributed by atoms with van der Waals surface area (Å²) in [5.41, 5.74) is 1.53. The van der Waals surface area contributed by atoms with Crippen LogP contribution in [0.15, 0.2) is 35.5 Å². The lowest BCUT2D eigenvalue weighted by Gasteiger charge is -2.28. The van der Waals surface area contributed by atoms with Gasteiger partial charge in [0, 0.05) is 25.5 Å². The monoisotopic (exact) mass is 357 g/mol.